The van der Waals surface area contributed by atoms with Crippen molar-refractivity contribution in [3.8, 4) is 5.75 Å². The van der Waals surface area contributed by atoms with Crippen molar-refractivity contribution >= 4 is 27.3 Å². The minimum atomic E-state index is -3.87. The molecule has 2 aromatic carbocycles. The third-order valence-corrected chi connectivity index (χ3v) is 11.9. The molecule has 2 bridgehead atoms. The maximum Gasteiger partial charge on any atom is 0.217 e. The Kier molecular flexibility index (Phi) is 9.90. The molecule has 2 aromatic rings. The van der Waals surface area contributed by atoms with Crippen molar-refractivity contribution < 1.29 is 23.4 Å². The van der Waals surface area contributed by atoms with Crippen LogP contribution in [0.4, 0.5) is 5.69 Å². The molecule has 0 amide bonds. The highest BCUT2D eigenvalue weighted by Crippen LogP contribution is 2.41. The van der Waals surface area contributed by atoms with Crippen LogP contribution in [0.2, 0.25) is 5.02 Å². The van der Waals surface area contributed by atoms with E-state index in [0.29, 0.717) is 35.3 Å². The molecule has 9 heteroatoms. The number of anilines is 1. The lowest BCUT2D eigenvalue weighted by molar-refractivity contribution is 0.0460. The van der Waals surface area contributed by atoms with Crippen LogP contribution in [0.15, 0.2) is 48.6 Å². The molecule has 2 heterocycles. The quantitative estimate of drug-likeness (QED) is 0.341. The molecule has 3 aliphatic rings. The molecule has 7 nitrogen and oxygen atoms in total. The van der Waals surface area contributed by atoms with Crippen LogP contribution in [0, 0.1) is 23.7 Å². The van der Waals surface area contributed by atoms with Gasteiger partial charge in [0, 0.05) is 18.1 Å². The second kappa shape index (κ2) is 13.3. The standard InChI is InChI=1S/C33H45ClN2O5S/c1-21(2)32-22(3)7-6-9-30(37)28-14-11-25(28)19-36-16-5-4-8-23-17-27(34)13-10-26(23)20-41-31-15-12-24(18-29(31)36)33(38)35-42(32,39)40/h6,9-10,12-13,15,17-18,21-22,25,28,30,32-33,35,37-38H,4-5,7-8,11,14,16,19-20H2,1-3H3/b9-6+/t22-,25+,28-,30+,32+,33?/m1/s1. The molecule has 1 unspecified atom stereocenters. The molecule has 0 radical (unpaired) electrons. The summed E-state index contributed by atoms with van der Waals surface area (Å²) in [6, 6.07) is 11.4. The molecule has 1 aliphatic carbocycles. The van der Waals surface area contributed by atoms with Crippen molar-refractivity contribution in [3.05, 3.63) is 70.3 Å². The zero-order chi connectivity index (χ0) is 30.0. The van der Waals surface area contributed by atoms with Crippen molar-refractivity contribution in [2.45, 2.75) is 83.5 Å². The largest absolute Gasteiger partial charge is 0.487 e. The van der Waals surface area contributed by atoms with Crippen molar-refractivity contribution in [1.29, 1.82) is 0 Å². The number of allylic oxidation sites excluding steroid dienone is 1. The SMILES string of the molecule is CC(C)[C@H]1[C@H](C)C/C=C/[C@H](O)[C@@H]2CC[C@H]2CN2CCCCc3cc(Cl)ccc3COc3ccc(cc32)C(O)NS1(=O)=O. The van der Waals surface area contributed by atoms with Gasteiger partial charge < -0.3 is 19.8 Å². The Balaban J connectivity index is 1.55. The number of hydrogen-bond donors (Lipinski definition) is 3. The third kappa shape index (κ3) is 6.99. The molecule has 42 heavy (non-hydrogen) atoms. The van der Waals surface area contributed by atoms with Gasteiger partial charge in [-0.05, 0) is 103 Å². The van der Waals surface area contributed by atoms with E-state index < -0.39 is 27.6 Å². The van der Waals surface area contributed by atoms with E-state index in [0.717, 1.165) is 56.4 Å². The van der Waals surface area contributed by atoms with Crippen LogP contribution in [0.1, 0.15) is 75.8 Å². The average molecular weight is 617 g/mol. The first-order chi connectivity index (χ1) is 20.0. The summed E-state index contributed by atoms with van der Waals surface area (Å²) in [4.78, 5) is 2.31. The van der Waals surface area contributed by atoms with Crippen LogP contribution in [0.25, 0.3) is 0 Å². The molecule has 3 N–H and O–H groups in total. The first-order valence-corrected chi connectivity index (χ1v) is 17.3. The van der Waals surface area contributed by atoms with E-state index in [2.05, 4.69) is 9.62 Å². The van der Waals surface area contributed by atoms with E-state index in [9.17, 15) is 18.6 Å². The van der Waals surface area contributed by atoms with Gasteiger partial charge in [0.1, 0.15) is 18.6 Å². The summed E-state index contributed by atoms with van der Waals surface area (Å²) in [7, 11) is -3.87. The lowest BCUT2D eigenvalue weighted by Crippen LogP contribution is -2.44. The molecule has 0 saturated heterocycles. The highest BCUT2D eigenvalue weighted by atomic mass is 35.5. The van der Waals surface area contributed by atoms with Gasteiger partial charge >= 0.3 is 0 Å². The van der Waals surface area contributed by atoms with Gasteiger partial charge in [0.25, 0.3) is 0 Å². The number of ether oxygens (including phenoxy) is 1. The highest BCUT2D eigenvalue weighted by Gasteiger charge is 2.38. The van der Waals surface area contributed by atoms with Gasteiger partial charge in [-0.25, -0.2) is 8.42 Å². The molecule has 0 spiro atoms. The van der Waals surface area contributed by atoms with E-state index in [1.54, 1.807) is 6.07 Å². The summed E-state index contributed by atoms with van der Waals surface area (Å²) >= 11 is 6.32. The fourth-order valence-corrected chi connectivity index (χ4v) is 9.25. The minimum Gasteiger partial charge on any atom is -0.487 e. The number of aryl methyl sites for hydroxylation is 1. The molecule has 0 aromatic heterocycles. The highest BCUT2D eigenvalue weighted by molar-refractivity contribution is 7.90. The zero-order valence-electron chi connectivity index (χ0n) is 24.9. The Morgan fingerprint density at radius 1 is 1.07 bits per heavy atom. The Morgan fingerprint density at radius 3 is 2.62 bits per heavy atom. The molecule has 6 atom stereocenters. The molecule has 1 fully saturated rings. The number of aliphatic hydroxyl groups is 2. The number of rotatable bonds is 1. The Hall–Kier alpha value is -2.10. The molecule has 230 valence electrons. The van der Waals surface area contributed by atoms with E-state index in [1.165, 1.54) is 5.56 Å². The van der Waals surface area contributed by atoms with Crippen molar-refractivity contribution in [2.75, 3.05) is 18.0 Å². The van der Waals surface area contributed by atoms with E-state index in [-0.39, 0.29) is 17.8 Å². The second-order valence-corrected chi connectivity index (χ2v) is 15.0. The smallest absolute Gasteiger partial charge is 0.217 e. The fraction of sp³-hybridized carbons (Fsp3) is 0.576. The summed E-state index contributed by atoms with van der Waals surface area (Å²) < 4.78 is 36.2. The lowest BCUT2D eigenvalue weighted by Gasteiger charge is -2.42. The van der Waals surface area contributed by atoms with Gasteiger partial charge in [-0.15, -0.1) is 0 Å². The lowest BCUT2D eigenvalue weighted by atomic mass is 9.70. The second-order valence-electron chi connectivity index (χ2n) is 12.7. The van der Waals surface area contributed by atoms with E-state index in [1.807, 2.05) is 63.3 Å². The normalized spacial score (nSPS) is 31.1. The van der Waals surface area contributed by atoms with Crippen molar-refractivity contribution in [2.24, 2.45) is 23.7 Å². The van der Waals surface area contributed by atoms with E-state index in [4.69, 9.17) is 16.3 Å². The summed E-state index contributed by atoms with van der Waals surface area (Å²) in [6.07, 6.45) is 7.20. The summed E-state index contributed by atoms with van der Waals surface area (Å²) in [5.41, 5.74) is 3.58. The Morgan fingerprint density at radius 2 is 1.88 bits per heavy atom. The summed E-state index contributed by atoms with van der Waals surface area (Å²) in [5.74, 6) is 0.796. The molecule has 2 aliphatic heterocycles. The van der Waals surface area contributed by atoms with Crippen molar-refractivity contribution in [1.82, 2.24) is 4.72 Å². The van der Waals surface area contributed by atoms with Crippen LogP contribution in [0.3, 0.4) is 0 Å². The van der Waals surface area contributed by atoms with Gasteiger partial charge in [-0.1, -0.05) is 56.7 Å². The topological polar surface area (TPSA) is 99.1 Å². The number of nitrogens with zero attached hydrogens (tertiary/aromatic N) is 1. The Labute approximate surface area is 256 Å². The van der Waals surface area contributed by atoms with Gasteiger partial charge in [0.15, 0.2) is 0 Å². The van der Waals surface area contributed by atoms with Gasteiger partial charge in [0.05, 0.1) is 17.0 Å². The van der Waals surface area contributed by atoms with Crippen LogP contribution >= 0.6 is 11.6 Å². The van der Waals surface area contributed by atoms with E-state index >= 15 is 0 Å². The number of aliphatic hydroxyl groups excluding tert-OH is 2. The van der Waals surface area contributed by atoms with Crippen LogP contribution in [-0.4, -0.2) is 43.1 Å². The molecule has 1 saturated carbocycles. The van der Waals surface area contributed by atoms with Crippen LogP contribution < -0.4 is 14.4 Å². The van der Waals surface area contributed by atoms with Crippen molar-refractivity contribution in [3.63, 3.8) is 0 Å². The van der Waals surface area contributed by atoms with Gasteiger partial charge in [-0.2, -0.15) is 4.72 Å². The zero-order valence-corrected chi connectivity index (χ0v) is 26.4. The predicted octanol–water partition coefficient (Wildman–Crippen LogP) is 5.98. The minimum absolute atomic E-state index is 0.151. The van der Waals surface area contributed by atoms with Crippen LogP contribution in [-0.2, 0) is 23.1 Å². The fourth-order valence-electron chi connectivity index (χ4n) is 7.01. The van der Waals surface area contributed by atoms with Gasteiger partial charge in [0.2, 0.25) is 10.0 Å². The molecular weight excluding hydrogens is 572 g/mol. The Bertz CT molecular complexity index is 1380. The van der Waals surface area contributed by atoms with Crippen LogP contribution in [0.5, 0.6) is 5.75 Å². The average Bonchev–Trinajstić information content (AvgIpc) is 2.93. The summed E-state index contributed by atoms with van der Waals surface area (Å²) in [5, 5.41) is 22.4. The third-order valence-electron chi connectivity index (χ3n) is 9.38. The number of benzene rings is 2. The number of sulfonamides is 1. The maximum atomic E-state index is 13.6. The maximum absolute atomic E-state index is 13.6. The molecular formula is C33H45ClN2O5S. The predicted molar refractivity (Wildman–Crippen MR) is 168 cm³/mol. The number of halogens is 1. The summed E-state index contributed by atoms with van der Waals surface area (Å²) in [6.45, 7) is 7.61. The number of fused-ring (bicyclic) bond motifs is 3. The van der Waals surface area contributed by atoms with Gasteiger partial charge in [-0.3, -0.25) is 0 Å². The number of nitrogens with one attached hydrogen (secondary N) is 1. The first kappa shape index (κ1) is 31.3. The monoisotopic (exact) mass is 616 g/mol. The first-order valence-electron chi connectivity index (χ1n) is 15.4. The number of hydrogen-bond acceptors (Lipinski definition) is 6. The molecule has 5 rings (SSSR count).